The van der Waals surface area contributed by atoms with Crippen LogP contribution in [-0.4, -0.2) is 0 Å². The van der Waals surface area contributed by atoms with E-state index in [-0.39, 0.29) is 0 Å². The summed E-state index contributed by atoms with van der Waals surface area (Å²) in [6.45, 7) is 10.2. The number of allylic oxidation sites excluding steroid dienone is 3. The van der Waals surface area contributed by atoms with Crippen molar-refractivity contribution in [3.63, 3.8) is 0 Å². The molecule has 0 N–H and O–H groups in total. The predicted molar refractivity (Wildman–Crippen MR) is 43.4 cm³/mol. The van der Waals surface area contributed by atoms with Crippen LogP contribution in [0.4, 0.5) is 0 Å². The van der Waals surface area contributed by atoms with E-state index in [9.17, 15) is 0 Å². The zero-order chi connectivity index (χ0) is 7.28. The molecule has 0 aliphatic carbocycles. The Morgan fingerprint density at radius 1 is 1.56 bits per heavy atom. The molecule has 0 aromatic rings. The van der Waals surface area contributed by atoms with Crippen LogP contribution in [0.3, 0.4) is 0 Å². The molecule has 0 aromatic heterocycles. The second-order valence-corrected chi connectivity index (χ2v) is 2.47. The van der Waals surface area contributed by atoms with E-state index in [1.165, 1.54) is 5.57 Å². The van der Waals surface area contributed by atoms with Crippen molar-refractivity contribution in [3.8, 4) is 0 Å². The third-order valence-corrected chi connectivity index (χ3v) is 1.34. The van der Waals surface area contributed by atoms with E-state index in [1.54, 1.807) is 0 Å². The fraction of sp³-hybridized carbons (Fsp3) is 0.556. The van der Waals surface area contributed by atoms with Gasteiger partial charge in [-0.05, 0) is 12.3 Å². The highest BCUT2D eigenvalue weighted by molar-refractivity contribution is 5.17. The van der Waals surface area contributed by atoms with Crippen LogP contribution in [0, 0.1) is 5.92 Å². The molecule has 0 saturated carbocycles. The molecule has 0 heterocycles. The van der Waals surface area contributed by atoms with E-state index in [2.05, 4.69) is 33.4 Å². The maximum atomic E-state index is 3.73. The number of hydrogen-bond donors (Lipinski definition) is 0. The van der Waals surface area contributed by atoms with Crippen molar-refractivity contribution in [2.45, 2.75) is 27.2 Å². The summed E-state index contributed by atoms with van der Waals surface area (Å²) in [5.41, 5.74) is 1.36. The lowest BCUT2D eigenvalue weighted by atomic mass is 10.0. The monoisotopic (exact) mass is 124 g/mol. The maximum Gasteiger partial charge on any atom is -0.0222 e. The topological polar surface area (TPSA) is 0 Å². The van der Waals surface area contributed by atoms with Crippen molar-refractivity contribution in [1.82, 2.24) is 0 Å². The van der Waals surface area contributed by atoms with E-state index in [0.29, 0.717) is 5.92 Å². The SMILES string of the molecule is C=C/C(=C\CC)C(C)C. The Morgan fingerprint density at radius 2 is 2.11 bits per heavy atom. The first-order valence-corrected chi connectivity index (χ1v) is 3.54. The molecule has 52 valence electrons. The summed E-state index contributed by atoms with van der Waals surface area (Å²) in [6, 6.07) is 0. The van der Waals surface area contributed by atoms with Gasteiger partial charge in [-0.25, -0.2) is 0 Å². The maximum absolute atomic E-state index is 3.73. The zero-order valence-electron chi connectivity index (χ0n) is 6.65. The van der Waals surface area contributed by atoms with Crippen LogP contribution in [0.15, 0.2) is 24.3 Å². The molecule has 0 nitrogen and oxygen atoms in total. The number of hydrogen-bond acceptors (Lipinski definition) is 0. The normalized spacial score (nSPS) is 12.2. The molecule has 0 rings (SSSR count). The van der Waals surface area contributed by atoms with Crippen molar-refractivity contribution < 1.29 is 0 Å². The molecule has 0 amide bonds. The molecule has 0 aliphatic heterocycles. The summed E-state index contributed by atoms with van der Waals surface area (Å²) in [5, 5.41) is 0. The summed E-state index contributed by atoms with van der Waals surface area (Å²) < 4.78 is 0. The Hall–Kier alpha value is -0.520. The minimum absolute atomic E-state index is 0.627. The highest BCUT2D eigenvalue weighted by atomic mass is 14.0. The van der Waals surface area contributed by atoms with Crippen molar-refractivity contribution in [2.24, 2.45) is 5.92 Å². The molecule has 0 saturated heterocycles. The average molecular weight is 124 g/mol. The summed E-state index contributed by atoms with van der Waals surface area (Å²) in [5.74, 6) is 0.627. The summed E-state index contributed by atoms with van der Waals surface area (Å²) >= 11 is 0. The van der Waals surface area contributed by atoms with Crippen LogP contribution < -0.4 is 0 Å². The molecule has 0 aromatic carbocycles. The summed E-state index contributed by atoms with van der Waals surface area (Å²) in [6.07, 6.45) is 5.27. The molecule has 0 atom stereocenters. The van der Waals surface area contributed by atoms with Crippen molar-refractivity contribution in [3.05, 3.63) is 24.3 Å². The van der Waals surface area contributed by atoms with Crippen LogP contribution in [-0.2, 0) is 0 Å². The minimum atomic E-state index is 0.627. The highest BCUT2D eigenvalue weighted by Gasteiger charge is 1.94. The largest absolute Gasteiger partial charge is 0.0988 e. The van der Waals surface area contributed by atoms with Crippen LogP contribution in [0.1, 0.15) is 27.2 Å². The third kappa shape index (κ3) is 3.12. The molecule has 0 fully saturated rings. The van der Waals surface area contributed by atoms with Gasteiger partial charge in [0.2, 0.25) is 0 Å². The summed E-state index contributed by atoms with van der Waals surface area (Å²) in [7, 11) is 0. The van der Waals surface area contributed by atoms with E-state index in [0.717, 1.165) is 6.42 Å². The van der Waals surface area contributed by atoms with Gasteiger partial charge < -0.3 is 0 Å². The first-order chi connectivity index (χ1) is 4.22. The lowest BCUT2D eigenvalue weighted by molar-refractivity contribution is 0.786. The Bertz CT molecular complexity index is 107. The van der Waals surface area contributed by atoms with E-state index >= 15 is 0 Å². The molecular weight excluding hydrogens is 108 g/mol. The molecule has 0 heteroatoms. The smallest absolute Gasteiger partial charge is 0.0222 e. The zero-order valence-corrected chi connectivity index (χ0v) is 6.65. The molecule has 0 unspecified atom stereocenters. The van der Waals surface area contributed by atoms with Gasteiger partial charge in [0.1, 0.15) is 0 Å². The molecule has 0 bridgehead atoms. The van der Waals surface area contributed by atoms with Crippen LogP contribution in [0.5, 0.6) is 0 Å². The van der Waals surface area contributed by atoms with Gasteiger partial charge in [0.15, 0.2) is 0 Å². The van der Waals surface area contributed by atoms with Gasteiger partial charge in [-0.2, -0.15) is 0 Å². The molecular formula is C9H16. The fourth-order valence-corrected chi connectivity index (χ4v) is 0.790. The lowest BCUT2D eigenvalue weighted by Gasteiger charge is -2.03. The van der Waals surface area contributed by atoms with Gasteiger partial charge in [-0.3, -0.25) is 0 Å². The standard InChI is InChI=1S/C9H16/c1-5-7-9(6-2)8(3)4/h6-8H,2,5H2,1,3-4H3/b9-7+. The van der Waals surface area contributed by atoms with Gasteiger partial charge in [0.05, 0.1) is 0 Å². The third-order valence-electron chi connectivity index (χ3n) is 1.34. The molecule has 0 spiro atoms. The van der Waals surface area contributed by atoms with E-state index in [1.807, 2.05) is 6.08 Å². The van der Waals surface area contributed by atoms with Crippen LogP contribution in [0.25, 0.3) is 0 Å². The van der Waals surface area contributed by atoms with Gasteiger partial charge in [0.25, 0.3) is 0 Å². The van der Waals surface area contributed by atoms with Gasteiger partial charge >= 0.3 is 0 Å². The van der Waals surface area contributed by atoms with Gasteiger partial charge in [-0.1, -0.05) is 45.1 Å². The van der Waals surface area contributed by atoms with Gasteiger partial charge in [-0.15, -0.1) is 0 Å². The first-order valence-electron chi connectivity index (χ1n) is 3.54. The first kappa shape index (κ1) is 8.48. The Balaban J connectivity index is 3.97. The Morgan fingerprint density at radius 3 is 2.22 bits per heavy atom. The van der Waals surface area contributed by atoms with Crippen molar-refractivity contribution >= 4 is 0 Å². The van der Waals surface area contributed by atoms with Crippen molar-refractivity contribution in [2.75, 3.05) is 0 Å². The van der Waals surface area contributed by atoms with E-state index < -0.39 is 0 Å². The predicted octanol–water partition coefficient (Wildman–Crippen LogP) is 3.16. The summed E-state index contributed by atoms with van der Waals surface area (Å²) in [4.78, 5) is 0. The minimum Gasteiger partial charge on any atom is -0.0988 e. The molecule has 0 aliphatic rings. The molecule has 0 radical (unpaired) electrons. The second kappa shape index (κ2) is 4.37. The lowest BCUT2D eigenvalue weighted by Crippen LogP contribution is -1.88. The fourth-order valence-electron chi connectivity index (χ4n) is 0.790. The van der Waals surface area contributed by atoms with Gasteiger partial charge in [0, 0.05) is 0 Å². The Kier molecular flexibility index (Phi) is 4.12. The van der Waals surface area contributed by atoms with Crippen molar-refractivity contribution in [1.29, 1.82) is 0 Å². The number of rotatable bonds is 3. The highest BCUT2D eigenvalue weighted by Crippen LogP contribution is 2.10. The molecule has 9 heavy (non-hydrogen) atoms. The Labute approximate surface area is 58.3 Å². The average Bonchev–Trinajstić information content (AvgIpc) is 1.82. The van der Waals surface area contributed by atoms with Crippen LogP contribution in [0.2, 0.25) is 0 Å². The second-order valence-electron chi connectivity index (χ2n) is 2.47. The quantitative estimate of drug-likeness (QED) is 0.507. The van der Waals surface area contributed by atoms with E-state index in [4.69, 9.17) is 0 Å². The van der Waals surface area contributed by atoms with Crippen LogP contribution >= 0.6 is 0 Å².